The van der Waals surface area contributed by atoms with Gasteiger partial charge in [-0.05, 0) is 41.5 Å². The number of nitrogens with one attached hydrogen (secondary N) is 1. The third-order valence-corrected chi connectivity index (χ3v) is 4.60. The van der Waals surface area contributed by atoms with Crippen molar-refractivity contribution in [1.29, 1.82) is 0 Å². The van der Waals surface area contributed by atoms with E-state index in [0.717, 1.165) is 12.8 Å². The fraction of sp³-hybridized carbons (Fsp3) is 0.421. The van der Waals surface area contributed by atoms with Gasteiger partial charge in [-0.25, -0.2) is 0 Å². The molecule has 0 spiro atoms. The van der Waals surface area contributed by atoms with Gasteiger partial charge in [-0.1, -0.05) is 49.4 Å². The predicted molar refractivity (Wildman–Crippen MR) is 88.7 cm³/mol. The molecule has 2 aromatic rings. The van der Waals surface area contributed by atoms with Crippen molar-refractivity contribution in [3.05, 3.63) is 48.0 Å². The Hall–Kier alpha value is -1.87. The Bertz CT molecular complexity index is 662. The van der Waals surface area contributed by atoms with E-state index in [2.05, 4.69) is 41.7 Å². The smallest absolute Gasteiger partial charge is 0.223 e. The molecule has 1 aliphatic rings. The van der Waals surface area contributed by atoms with E-state index in [1.807, 2.05) is 13.0 Å². The molecule has 3 unspecified atom stereocenters. The molecule has 0 saturated heterocycles. The van der Waals surface area contributed by atoms with Crippen LogP contribution in [-0.2, 0) is 4.79 Å². The summed E-state index contributed by atoms with van der Waals surface area (Å²) in [5.41, 5.74) is 1.28. The molecular formula is C19H23NO2. The number of rotatable bonds is 6. The lowest BCUT2D eigenvalue weighted by Gasteiger charge is -2.09. The highest BCUT2D eigenvalue weighted by Gasteiger charge is 2.44. The maximum Gasteiger partial charge on any atom is 0.223 e. The number of fused-ring (bicyclic) bond motifs is 1. The molecule has 1 aliphatic carbocycles. The lowest BCUT2D eigenvalue weighted by molar-refractivity contribution is -0.122. The Labute approximate surface area is 131 Å². The molecule has 0 bridgehead atoms. The minimum absolute atomic E-state index is 0.0876. The standard InChI is InChI=1S/C19H23NO2/c1-2-14(21)10-11-20-19(22)18-12-17(18)16-9-5-7-13-6-3-4-8-15(13)16/h3-9,14,17-18,21H,2,10-12H2,1H3,(H,20,22). The molecule has 2 N–H and O–H groups in total. The lowest BCUT2D eigenvalue weighted by Crippen LogP contribution is -2.28. The van der Waals surface area contributed by atoms with Gasteiger partial charge < -0.3 is 10.4 Å². The third kappa shape index (κ3) is 3.14. The van der Waals surface area contributed by atoms with E-state index in [4.69, 9.17) is 0 Å². The summed E-state index contributed by atoms with van der Waals surface area (Å²) in [4.78, 5) is 12.2. The first-order valence-electron chi connectivity index (χ1n) is 8.14. The quantitative estimate of drug-likeness (QED) is 0.860. The van der Waals surface area contributed by atoms with Crippen molar-refractivity contribution >= 4 is 16.7 Å². The van der Waals surface area contributed by atoms with Gasteiger partial charge in [0.05, 0.1) is 6.10 Å². The van der Waals surface area contributed by atoms with E-state index in [1.54, 1.807) is 0 Å². The summed E-state index contributed by atoms with van der Waals surface area (Å²) in [6.45, 7) is 2.51. The van der Waals surface area contributed by atoms with Gasteiger partial charge in [-0.3, -0.25) is 4.79 Å². The Balaban J connectivity index is 1.62. The first-order chi connectivity index (χ1) is 10.7. The minimum Gasteiger partial charge on any atom is -0.393 e. The zero-order valence-corrected chi connectivity index (χ0v) is 13.0. The van der Waals surface area contributed by atoms with Gasteiger partial charge in [0, 0.05) is 12.5 Å². The highest BCUT2D eigenvalue weighted by Crippen LogP contribution is 2.49. The molecule has 2 aromatic carbocycles. The second kappa shape index (κ2) is 6.49. The van der Waals surface area contributed by atoms with Crippen molar-refractivity contribution in [2.24, 2.45) is 5.92 Å². The van der Waals surface area contributed by atoms with Crippen LogP contribution in [0.4, 0.5) is 0 Å². The topological polar surface area (TPSA) is 49.3 Å². The predicted octanol–water partition coefficient (Wildman–Crippen LogP) is 3.22. The maximum absolute atomic E-state index is 12.2. The third-order valence-electron chi connectivity index (χ3n) is 4.60. The number of hydrogen-bond acceptors (Lipinski definition) is 2. The number of carbonyl (C=O) groups is 1. The second-order valence-corrected chi connectivity index (χ2v) is 6.16. The molecule has 0 heterocycles. The number of aliphatic hydroxyl groups is 1. The molecule has 3 nitrogen and oxygen atoms in total. The SMILES string of the molecule is CCC(O)CCNC(=O)C1CC1c1cccc2ccccc12. The van der Waals surface area contributed by atoms with Crippen LogP contribution in [0, 0.1) is 5.92 Å². The van der Waals surface area contributed by atoms with E-state index in [9.17, 15) is 9.90 Å². The number of benzene rings is 2. The van der Waals surface area contributed by atoms with Crippen LogP contribution in [0.15, 0.2) is 42.5 Å². The molecule has 0 radical (unpaired) electrons. The van der Waals surface area contributed by atoms with Crippen LogP contribution < -0.4 is 5.32 Å². The molecule has 0 aliphatic heterocycles. The zero-order valence-electron chi connectivity index (χ0n) is 13.0. The average Bonchev–Trinajstić information content (AvgIpc) is 3.34. The maximum atomic E-state index is 12.2. The summed E-state index contributed by atoms with van der Waals surface area (Å²) in [6, 6.07) is 14.7. The van der Waals surface area contributed by atoms with E-state index >= 15 is 0 Å². The number of hydrogen-bond donors (Lipinski definition) is 2. The van der Waals surface area contributed by atoms with Crippen molar-refractivity contribution < 1.29 is 9.90 Å². The zero-order chi connectivity index (χ0) is 15.5. The first-order valence-corrected chi connectivity index (χ1v) is 8.14. The van der Waals surface area contributed by atoms with Crippen molar-refractivity contribution in [3.63, 3.8) is 0 Å². The molecule has 1 amide bonds. The molecule has 3 rings (SSSR count). The van der Waals surface area contributed by atoms with Gasteiger partial charge in [0.25, 0.3) is 0 Å². The van der Waals surface area contributed by atoms with Gasteiger partial charge in [0.2, 0.25) is 5.91 Å². The van der Waals surface area contributed by atoms with Crippen LogP contribution in [0.3, 0.4) is 0 Å². The minimum atomic E-state index is -0.312. The van der Waals surface area contributed by atoms with Crippen LogP contribution >= 0.6 is 0 Å². The van der Waals surface area contributed by atoms with Gasteiger partial charge in [-0.15, -0.1) is 0 Å². The Morgan fingerprint density at radius 1 is 1.27 bits per heavy atom. The van der Waals surface area contributed by atoms with E-state index in [0.29, 0.717) is 18.9 Å². The van der Waals surface area contributed by atoms with Gasteiger partial charge >= 0.3 is 0 Å². The van der Waals surface area contributed by atoms with E-state index in [1.165, 1.54) is 16.3 Å². The highest BCUT2D eigenvalue weighted by molar-refractivity contribution is 5.89. The summed E-state index contributed by atoms with van der Waals surface area (Å²) in [6.07, 6.45) is 1.98. The summed E-state index contributed by atoms with van der Waals surface area (Å²) in [7, 11) is 0. The van der Waals surface area contributed by atoms with Gasteiger partial charge in [0.15, 0.2) is 0 Å². The second-order valence-electron chi connectivity index (χ2n) is 6.16. The average molecular weight is 297 g/mol. The molecule has 22 heavy (non-hydrogen) atoms. The first kappa shape index (κ1) is 15.0. The van der Waals surface area contributed by atoms with Crippen LogP contribution in [-0.4, -0.2) is 23.7 Å². The number of aliphatic hydroxyl groups excluding tert-OH is 1. The molecule has 1 fully saturated rings. The molecule has 0 aromatic heterocycles. The summed E-state index contributed by atoms with van der Waals surface area (Å²) in [5.74, 6) is 0.549. The van der Waals surface area contributed by atoms with Gasteiger partial charge in [-0.2, -0.15) is 0 Å². The molecular weight excluding hydrogens is 274 g/mol. The molecule has 3 heteroatoms. The summed E-state index contributed by atoms with van der Waals surface area (Å²) >= 11 is 0. The Kier molecular flexibility index (Phi) is 4.44. The van der Waals surface area contributed by atoms with Crippen LogP contribution in [0.2, 0.25) is 0 Å². The van der Waals surface area contributed by atoms with E-state index < -0.39 is 0 Å². The highest BCUT2D eigenvalue weighted by atomic mass is 16.3. The lowest BCUT2D eigenvalue weighted by atomic mass is 10.00. The fourth-order valence-electron chi connectivity index (χ4n) is 3.10. The van der Waals surface area contributed by atoms with Crippen LogP contribution in [0.1, 0.15) is 37.7 Å². The summed E-state index contributed by atoms with van der Waals surface area (Å²) < 4.78 is 0. The Morgan fingerprint density at radius 2 is 2.05 bits per heavy atom. The molecule has 1 saturated carbocycles. The van der Waals surface area contributed by atoms with Crippen LogP contribution in [0.25, 0.3) is 10.8 Å². The van der Waals surface area contributed by atoms with Crippen molar-refractivity contribution in [3.8, 4) is 0 Å². The molecule has 116 valence electrons. The summed E-state index contributed by atoms with van der Waals surface area (Å²) in [5, 5.41) is 15.0. The molecule has 3 atom stereocenters. The van der Waals surface area contributed by atoms with Crippen molar-refractivity contribution in [2.75, 3.05) is 6.54 Å². The van der Waals surface area contributed by atoms with Crippen molar-refractivity contribution in [2.45, 2.75) is 38.2 Å². The largest absolute Gasteiger partial charge is 0.393 e. The number of amides is 1. The Morgan fingerprint density at radius 3 is 2.86 bits per heavy atom. The monoisotopic (exact) mass is 297 g/mol. The van der Waals surface area contributed by atoms with Crippen LogP contribution in [0.5, 0.6) is 0 Å². The normalized spacial score (nSPS) is 21.5. The van der Waals surface area contributed by atoms with Crippen molar-refractivity contribution in [1.82, 2.24) is 5.32 Å². The van der Waals surface area contributed by atoms with Gasteiger partial charge in [0.1, 0.15) is 0 Å². The van der Waals surface area contributed by atoms with E-state index in [-0.39, 0.29) is 17.9 Å². The number of carbonyl (C=O) groups excluding carboxylic acids is 1. The fourth-order valence-corrected chi connectivity index (χ4v) is 3.10.